The smallest absolute Gasteiger partial charge is 0.141 e. The fourth-order valence-corrected chi connectivity index (χ4v) is 1.58. The highest BCUT2D eigenvalue weighted by atomic mass is 19.1. The lowest BCUT2D eigenvalue weighted by Gasteiger charge is -2.04. The molecule has 0 amide bonds. The number of hydrogen-bond donors (Lipinski definition) is 1. The molecule has 58 valence electrons. The standard InChI is InChI=1S/C9H10FN/c10-9-7-4-2-1-3-6(7)5-8(9)11/h1-4,8-9H,5,11H2/t8-,9-/m1/s1. The number of halogens is 1. The van der Waals surface area contributed by atoms with Crippen LogP contribution < -0.4 is 5.73 Å². The summed E-state index contributed by atoms with van der Waals surface area (Å²) >= 11 is 0. The second-order valence-electron chi connectivity index (χ2n) is 2.97. The van der Waals surface area contributed by atoms with Crippen LogP contribution in [0.25, 0.3) is 0 Å². The summed E-state index contributed by atoms with van der Waals surface area (Å²) < 4.78 is 13.2. The van der Waals surface area contributed by atoms with Gasteiger partial charge in [0.1, 0.15) is 6.17 Å². The van der Waals surface area contributed by atoms with Crippen LogP contribution in [-0.4, -0.2) is 6.04 Å². The van der Waals surface area contributed by atoms with Gasteiger partial charge in [0.25, 0.3) is 0 Å². The molecule has 1 aliphatic carbocycles. The van der Waals surface area contributed by atoms with Crippen molar-refractivity contribution in [2.45, 2.75) is 18.6 Å². The zero-order chi connectivity index (χ0) is 7.84. The predicted octanol–water partition coefficient (Wildman–Crippen LogP) is 1.58. The van der Waals surface area contributed by atoms with Gasteiger partial charge in [0.15, 0.2) is 0 Å². The second kappa shape index (κ2) is 2.31. The van der Waals surface area contributed by atoms with E-state index in [1.807, 2.05) is 24.3 Å². The normalized spacial score (nSPS) is 28.5. The van der Waals surface area contributed by atoms with E-state index in [2.05, 4.69) is 0 Å². The molecule has 1 aliphatic rings. The lowest BCUT2D eigenvalue weighted by molar-refractivity contribution is 0.308. The van der Waals surface area contributed by atoms with Gasteiger partial charge in [0, 0.05) is 6.04 Å². The summed E-state index contributed by atoms with van der Waals surface area (Å²) in [5, 5.41) is 0. The molecule has 0 aromatic heterocycles. The first kappa shape index (κ1) is 6.80. The molecule has 0 saturated carbocycles. The van der Waals surface area contributed by atoms with E-state index in [0.717, 1.165) is 11.1 Å². The third-order valence-corrected chi connectivity index (χ3v) is 2.18. The van der Waals surface area contributed by atoms with Crippen molar-refractivity contribution < 1.29 is 4.39 Å². The predicted molar refractivity (Wildman–Crippen MR) is 42.0 cm³/mol. The van der Waals surface area contributed by atoms with Gasteiger partial charge < -0.3 is 5.73 Å². The van der Waals surface area contributed by atoms with Gasteiger partial charge >= 0.3 is 0 Å². The van der Waals surface area contributed by atoms with E-state index in [9.17, 15) is 4.39 Å². The summed E-state index contributed by atoms with van der Waals surface area (Å²) in [5.74, 6) is 0. The summed E-state index contributed by atoms with van der Waals surface area (Å²) in [5.41, 5.74) is 7.39. The summed E-state index contributed by atoms with van der Waals surface area (Å²) in [7, 11) is 0. The topological polar surface area (TPSA) is 26.0 Å². The van der Waals surface area contributed by atoms with Crippen LogP contribution in [0, 0.1) is 0 Å². The molecule has 2 N–H and O–H groups in total. The van der Waals surface area contributed by atoms with Crippen LogP contribution in [0.1, 0.15) is 17.3 Å². The van der Waals surface area contributed by atoms with Crippen molar-refractivity contribution in [3.8, 4) is 0 Å². The van der Waals surface area contributed by atoms with E-state index < -0.39 is 6.17 Å². The maximum atomic E-state index is 13.2. The van der Waals surface area contributed by atoms with E-state index >= 15 is 0 Å². The van der Waals surface area contributed by atoms with Crippen molar-refractivity contribution in [1.29, 1.82) is 0 Å². The Hall–Kier alpha value is -0.890. The molecule has 1 aromatic rings. The van der Waals surface area contributed by atoms with E-state index in [1.165, 1.54) is 0 Å². The monoisotopic (exact) mass is 151 g/mol. The number of hydrogen-bond acceptors (Lipinski definition) is 1. The Kier molecular flexibility index (Phi) is 1.43. The first-order chi connectivity index (χ1) is 5.29. The Morgan fingerprint density at radius 2 is 2.09 bits per heavy atom. The minimum Gasteiger partial charge on any atom is -0.325 e. The molecule has 0 unspecified atom stereocenters. The molecule has 0 spiro atoms. The zero-order valence-electron chi connectivity index (χ0n) is 6.13. The third kappa shape index (κ3) is 0.942. The Balaban J connectivity index is 2.47. The van der Waals surface area contributed by atoms with Gasteiger partial charge in [-0.05, 0) is 17.5 Å². The van der Waals surface area contributed by atoms with Crippen LogP contribution in [0.5, 0.6) is 0 Å². The molecule has 2 heteroatoms. The molecule has 0 radical (unpaired) electrons. The summed E-state index contributed by atoms with van der Waals surface area (Å²) in [6, 6.07) is 7.20. The van der Waals surface area contributed by atoms with Crippen LogP contribution in [0.15, 0.2) is 24.3 Å². The Morgan fingerprint density at radius 3 is 2.82 bits per heavy atom. The molecule has 11 heavy (non-hydrogen) atoms. The molecule has 0 saturated heterocycles. The molecule has 2 atom stereocenters. The van der Waals surface area contributed by atoms with Crippen molar-refractivity contribution in [2.75, 3.05) is 0 Å². The molecule has 2 rings (SSSR count). The fraction of sp³-hybridized carbons (Fsp3) is 0.333. The molecular weight excluding hydrogens is 141 g/mol. The number of alkyl halides is 1. The van der Waals surface area contributed by atoms with Crippen LogP contribution >= 0.6 is 0 Å². The Morgan fingerprint density at radius 1 is 1.36 bits per heavy atom. The second-order valence-corrected chi connectivity index (χ2v) is 2.97. The highest BCUT2D eigenvalue weighted by Gasteiger charge is 2.28. The maximum Gasteiger partial charge on any atom is 0.141 e. The van der Waals surface area contributed by atoms with E-state index in [0.29, 0.717) is 6.42 Å². The van der Waals surface area contributed by atoms with Gasteiger partial charge in [-0.1, -0.05) is 24.3 Å². The van der Waals surface area contributed by atoms with E-state index in [4.69, 9.17) is 5.73 Å². The van der Waals surface area contributed by atoms with Gasteiger partial charge in [0.2, 0.25) is 0 Å². The Bertz CT molecular complexity index is 272. The average molecular weight is 151 g/mol. The SMILES string of the molecule is N[C@@H]1Cc2ccccc2[C@H]1F. The summed E-state index contributed by atoms with van der Waals surface area (Å²) in [6.45, 7) is 0. The highest BCUT2D eigenvalue weighted by molar-refractivity contribution is 5.35. The van der Waals surface area contributed by atoms with Crippen molar-refractivity contribution >= 4 is 0 Å². The molecule has 0 bridgehead atoms. The Labute approximate surface area is 65.0 Å². The van der Waals surface area contributed by atoms with Gasteiger partial charge in [-0.3, -0.25) is 0 Å². The minimum atomic E-state index is -0.953. The van der Waals surface area contributed by atoms with E-state index in [-0.39, 0.29) is 6.04 Å². The van der Waals surface area contributed by atoms with Crippen LogP contribution in [0.4, 0.5) is 4.39 Å². The lowest BCUT2D eigenvalue weighted by Crippen LogP contribution is -2.21. The van der Waals surface area contributed by atoms with Crippen LogP contribution in [0.3, 0.4) is 0 Å². The molecule has 1 nitrogen and oxygen atoms in total. The molecule has 0 fully saturated rings. The summed E-state index contributed by atoms with van der Waals surface area (Å²) in [6.07, 6.45) is -0.275. The molecule has 0 heterocycles. The molecular formula is C9H10FN. The highest BCUT2D eigenvalue weighted by Crippen LogP contribution is 2.32. The van der Waals surface area contributed by atoms with Gasteiger partial charge in [-0.15, -0.1) is 0 Å². The quantitative estimate of drug-likeness (QED) is 0.598. The first-order valence-electron chi connectivity index (χ1n) is 3.76. The maximum absolute atomic E-state index is 13.2. The van der Waals surface area contributed by atoms with Gasteiger partial charge in [-0.25, -0.2) is 4.39 Å². The van der Waals surface area contributed by atoms with Crippen molar-refractivity contribution in [3.63, 3.8) is 0 Å². The third-order valence-electron chi connectivity index (χ3n) is 2.18. The van der Waals surface area contributed by atoms with Crippen molar-refractivity contribution in [2.24, 2.45) is 5.73 Å². The minimum absolute atomic E-state index is 0.326. The largest absolute Gasteiger partial charge is 0.325 e. The number of nitrogens with two attached hydrogens (primary N) is 1. The van der Waals surface area contributed by atoms with Crippen molar-refractivity contribution in [3.05, 3.63) is 35.4 Å². The summed E-state index contributed by atoms with van der Waals surface area (Å²) in [4.78, 5) is 0. The zero-order valence-corrected chi connectivity index (χ0v) is 6.13. The van der Waals surface area contributed by atoms with Crippen LogP contribution in [0.2, 0.25) is 0 Å². The molecule has 1 aromatic carbocycles. The van der Waals surface area contributed by atoms with Gasteiger partial charge in [-0.2, -0.15) is 0 Å². The number of fused-ring (bicyclic) bond motifs is 1. The van der Waals surface area contributed by atoms with Gasteiger partial charge in [0.05, 0.1) is 0 Å². The number of rotatable bonds is 0. The average Bonchev–Trinajstić information content (AvgIpc) is 2.30. The molecule has 0 aliphatic heterocycles. The van der Waals surface area contributed by atoms with E-state index in [1.54, 1.807) is 0 Å². The fourth-order valence-electron chi connectivity index (χ4n) is 1.58. The van der Waals surface area contributed by atoms with Crippen molar-refractivity contribution in [1.82, 2.24) is 0 Å². The number of benzene rings is 1. The lowest BCUT2D eigenvalue weighted by atomic mass is 10.1. The first-order valence-corrected chi connectivity index (χ1v) is 3.76. The van der Waals surface area contributed by atoms with Crippen LogP contribution in [-0.2, 0) is 6.42 Å².